The molecule has 0 saturated carbocycles. The summed E-state index contributed by atoms with van der Waals surface area (Å²) in [6.07, 6.45) is 0.901. The molecule has 1 fully saturated rings. The minimum absolute atomic E-state index is 0.0823. The first-order valence-electron chi connectivity index (χ1n) is 8.90. The Balaban J connectivity index is 1.77. The number of carbonyl (C=O) groups excluding carboxylic acids is 2. The van der Waals surface area contributed by atoms with E-state index in [9.17, 15) is 14.0 Å². The van der Waals surface area contributed by atoms with Crippen LogP contribution in [0.1, 0.15) is 46.5 Å². The fourth-order valence-corrected chi connectivity index (χ4v) is 3.27. The number of rotatable bonds is 5. The van der Waals surface area contributed by atoms with E-state index < -0.39 is 5.82 Å². The van der Waals surface area contributed by atoms with Crippen molar-refractivity contribution in [2.24, 2.45) is 0 Å². The van der Waals surface area contributed by atoms with Crippen LogP contribution in [0.25, 0.3) is 0 Å². The highest BCUT2D eigenvalue weighted by Gasteiger charge is 2.27. The van der Waals surface area contributed by atoms with Crippen molar-refractivity contribution in [3.63, 3.8) is 0 Å². The van der Waals surface area contributed by atoms with Crippen LogP contribution in [-0.4, -0.2) is 41.8 Å². The molecule has 26 heavy (non-hydrogen) atoms. The van der Waals surface area contributed by atoms with Gasteiger partial charge in [0.1, 0.15) is 5.82 Å². The molecular formula is C21H23FN2O2. The van der Waals surface area contributed by atoms with E-state index in [0.717, 1.165) is 19.5 Å². The molecule has 1 amide bonds. The molecule has 3 rings (SSSR count). The Morgan fingerprint density at radius 1 is 1.08 bits per heavy atom. The molecule has 0 spiro atoms. The topological polar surface area (TPSA) is 49.4 Å². The second-order valence-electron chi connectivity index (χ2n) is 6.93. The fourth-order valence-electron chi connectivity index (χ4n) is 3.27. The van der Waals surface area contributed by atoms with Crippen molar-refractivity contribution < 1.29 is 14.0 Å². The summed E-state index contributed by atoms with van der Waals surface area (Å²) in [4.78, 5) is 27.8. The molecule has 1 aliphatic rings. The van der Waals surface area contributed by atoms with Gasteiger partial charge >= 0.3 is 0 Å². The lowest BCUT2D eigenvalue weighted by Gasteiger charge is -2.20. The number of carbonyl (C=O) groups is 2. The van der Waals surface area contributed by atoms with Gasteiger partial charge in [-0.15, -0.1) is 0 Å². The van der Waals surface area contributed by atoms with Gasteiger partial charge in [-0.25, -0.2) is 4.39 Å². The number of nitrogens with one attached hydrogen (secondary N) is 1. The van der Waals surface area contributed by atoms with E-state index in [1.165, 1.54) is 24.3 Å². The molecule has 0 aromatic heterocycles. The number of hydrogen-bond acceptors (Lipinski definition) is 3. The van der Waals surface area contributed by atoms with Gasteiger partial charge in [-0.2, -0.15) is 0 Å². The average Bonchev–Trinajstić information content (AvgIpc) is 3.10. The standard InChI is InChI=1S/C21H23FN2O2/c1-14(2)24-12-11-17(13-24)23-21(26)19-6-4-3-5-18(19)20(25)15-7-9-16(22)10-8-15/h3-10,14,17H,11-13H2,1-2H3,(H,23,26). The first-order chi connectivity index (χ1) is 12.5. The maximum absolute atomic E-state index is 13.1. The minimum atomic E-state index is -0.400. The molecule has 0 bridgehead atoms. The van der Waals surface area contributed by atoms with Crippen LogP contribution in [0.4, 0.5) is 4.39 Å². The minimum Gasteiger partial charge on any atom is -0.348 e. The van der Waals surface area contributed by atoms with Gasteiger partial charge in [-0.05, 0) is 50.6 Å². The molecule has 5 heteroatoms. The zero-order chi connectivity index (χ0) is 18.7. The molecular weight excluding hydrogens is 331 g/mol. The number of ketones is 1. The lowest BCUT2D eigenvalue weighted by molar-refractivity contribution is 0.0926. The number of halogens is 1. The molecule has 2 aromatic carbocycles. The number of amides is 1. The highest BCUT2D eigenvalue weighted by atomic mass is 19.1. The van der Waals surface area contributed by atoms with Crippen LogP contribution in [0.5, 0.6) is 0 Å². The lowest BCUT2D eigenvalue weighted by Crippen LogP contribution is -2.39. The summed E-state index contributed by atoms with van der Waals surface area (Å²) in [6, 6.07) is 12.6. The third kappa shape index (κ3) is 3.99. The zero-order valence-corrected chi connectivity index (χ0v) is 15.0. The Morgan fingerprint density at radius 2 is 1.73 bits per heavy atom. The molecule has 1 atom stereocenters. The quantitative estimate of drug-likeness (QED) is 0.839. The smallest absolute Gasteiger partial charge is 0.252 e. The van der Waals surface area contributed by atoms with E-state index in [2.05, 4.69) is 24.1 Å². The van der Waals surface area contributed by atoms with Crippen molar-refractivity contribution in [3.05, 3.63) is 71.0 Å². The van der Waals surface area contributed by atoms with Gasteiger partial charge in [0.15, 0.2) is 5.78 Å². The Morgan fingerprint density at radius 3 is 2.35 bits per heavy atom. The largest absolute Gasteiger partial charge is 0.348 e. The van der Waals surface area contributed by atoms with Crippen LogP contribution in [-0.2, 0) is 0 Å². The lowest BCUT2D eigenvalue weighted by atomic mass is 9.97. The molecule has 0 aliphatic carbocycles. The second kappa shape index (κ2) is 7.79. The predicted molar refractivity (Wildman–Crippen MR) is 98.9 cm³/mol. The summed E-state index contributed by atoms with van der Waals surface area (Å²) in [5.41, 5.74) is 1.04. The molecule has 1 N–H and O–H groups in total. The number of hydrogen-bond donors (Lipinski definition) is 1. The van der Waals surface area contributed by atoms with Crippen molar-refractivity contribution in [2.45, 2.75) is 32.4 Å². The Bertz CT molecular complexity index is 802. The van der Waals surface area contributed by atoms with Crippen LogP contribution >= 0.6 is 0 Å². The molecule has 4 nitrogen and oxygen atoms in total. The fraction of sp³-hybridized carbons (Fsp3) is 0.333. The van der Waals surface area contributed by atoms with Gasteiger partial charge in [0, 0.05) is 36.3 Å². The van der Waals surface area contributed by atoms with Gasteiger partial charge in [-0.3, -0.25) is 14.5 Å². The molecule has 1 saturated heterocycles. The number of benzene rings is 2. The van der Waals surface area contributed by atoms with Crippen LogP contribution in [0.15, 0.2) is 48.5 Å². The van der Waals surface area contributed by atoms with E-state index >= 15 is 0 Å². The summed E-state index contributed by atoms with van der Waals surface area (Å²) in [7, 11) is 0. The Labute approximate surface area is 153 Å². The normalized spacial score (nSPS) is 17.5. The summed E-state index contributed by atoms with van der Waals surface area (Å²) in [5, 5.41) is 3.04. The van der Waals surface area contributed by atoms with E-state index in [4.69, 9.17) is 0 Å². The number of likely N-dealkylation sites (tertiary alicyclic amines) is 1. The van der Waals surface area contributed by atoms with Crippen molar-refractivity contribution in [3.8, 4) is 0 Å². The highest BCUT2D eigenvalue weighted by Crippen LogP contribution is 2.17. The van der Waals surface area contributed by atoms with Gasteiger partial charge in [0.25, 0.3) is 5.91 Å². The maximum Gasteiger partial charge on any atom is 0.252 e. The summed E-state index contributed by atoms with van der Waals surface area (Å²) in [6.45, 7) is 6.05. The predicted octanol–water partition coefficient (Wildman–Crippen LogP) is 3.27. The van der Waals surface area contributed by atoms with Crippen LogP contribution < -0.4 is 5.32 Å². The van der Waals surface area contributed by atoms with Gasteiger partial charge in [0.2, 0.25) is 0 Å². The molecule has 1 heterocycles. The van der Waals surface area contributed by atoms with Gasteiger partial charge < -0.3 is 5.32 Å². The van der Waals surface area contributed by atoms with Crippen molar-refractivity contribution in [2.75, 3.05) is 13.1 Å². The van der Waals surface area contributed by atoms with E-state index in [-0.39, 0.29) is 17.7 Å². The van der Waals surface area contributed by atoms with Crippen molar-refractivity contribution in [1.29, 1.82) is 0 Å². The highest BCUT2D eigenvalue weighted by molar-refractivity contribution is 6.15. The van der Waals surface area contributed by atoms with Gasteiger partial charge in [-0.1, -0.05) is 18.2 Å². The summed E-state index contributed by atoms with van der Waals surface area (Å²) in [5.74, 6) is -0.929. The van der Waals surface area contributed by atoms with Crippen LogP contribution in [0, 0.1) is 5.82 Å². The Kier molecular flexibility index (Phi) is 5.47. The zero-order valence-electron chi connectivity index (χ0n) is 15.0. The van der Waals surface area contributed by atoms with Gasteiger partial charge in [0.05, 0.1) is 5.56 Å². The molecule has 0 radical (unpaired) electrons. The molecule has 136 valence electrons. The maximum atomic E-state index is 13.1. The Hall–Kier alpha value is -2.53. The third-order valence-corrected chi connectivity index (χ3v) is 4.81. The first-order valence-corrected chi connectivity index (χ1v) is 8.90. The molecule has 2 aromatic rings. The summed E-state index contributed by atoms with van der Waals surface area (Å²) < 4.78 is 13.1. The number of nitrogens with zero attached hydrogens (tertiary/aromatic N) is 1. The van der Waals surface area contributed by atoms with E-state index in [1.807, 2.05) is 0 Å². The van der Waals surface area contributed by atoms with Crippen LogP contribution in [0.2, 0.25) is 0 Å². The monoisotopic (exact) mass is 354 g/mol. The van der Waals surface area contributed by atoms with Crippen molar-refractivity contribution >= 4 is 11.7 Å². The van der Waals surface area contributed by atoms with E-state index in [1.54, 1.807) is 24.3 Å². The SMILES string of the molecule is CC(C)N1CCC(NC(=O)c2ccccc2C(=O)c2ccc(F)cc2)C1. The van der Waals surface area contributed by atoms with Crippen molar-refractivity contribution in [1.82, 2.24) is 10.2 Å². The first kappa shape index (κ1) is 18.3. The third-order valence-electron chi connectivity index (χ3n) is 4.81. The molecule has 1 aliphatic heterocycles. The molecule has 1 unspecified atom stereocenters. The average molecular weight is 354 g/mol. The second-order valence-corrected chi connectivity index (χ2v) is 6.93. The summed E-state index contributed by atoms with van der Waals surface area (Å²) >= 11 is 0. The van der Waals surface area contributed by atoms with Crippen LogP contribution in [0.3, 0.4) is 0 Å². The van der Waals surface area contributed by atoms with E-state index in [0.29, 0.717) is 22.7 Å².